The Balaban J connectivity index is 3.06. The first-order chi connectivity index (χ1) is 9.10. The van der Waals surface area contributed by atoms with Crippen LogP contribution in [0.5, 0.6) is 0 Å². The van der Waals surface area contributed by atoms with Crippen LogP contribution in [0.4, 0.5) is 0 Å². The molecule has 0 atom stereocenters. The third kappa shape index (κ3) is 4.81. The lowest BCUT2D eigenvalue weighted by Gasteiger charge is -1.97. The van der Waals surface area contributed by atoms with Gasteiger partial charge >= 0.3 is 0 Å². The van der Waals surface area contributed by atoms with Gasteiger partial charge in [0.2, 0.25) is 5.96 Å². The van der Waals surface area contributed by atoms with Gasteiger partial charge in [0.15, 0.2) is 0 Å². The molecule has 0 amide bonds. The third-order valence-electron chi connectivity index (χ3n) is 1.40. The summed E-state index contributed by atoms with van der Waals surface area (Å²) in [6.07, 6.45) is -0.301. The van der Waals surface area contributed by atoms with E-state index in [0.717, 1.165) is 0 Å². The van der Waals surface area contributed by atoms with E-state index >= 15 is 0 Å². The standard InChI is InChI=1S/C11H16N4/c1-9(12)15-11(13)14-8-7-10-5-3-2-4-6-10/h2-6H,7-8H2,1H3,(H4,12,13,14,15)/i2D,5D,6D,8D2. The van der Waals surface area contributed by atoms with Gasteiger partial charge in [-0.2, -0.15) is 0 Å². The Bertz CT molecular complexity index is 541. The van der Waals surface area contributed by atoms with Crippen molar-refractivity contribution in [2.24, 2.45) is 21.5 Å². The zero-order valence-corrected chi connectivity index (χ0v) is 8.41. The Morgan fingerprint density at radius 2 is 2.13 bits per heavy atom. The molecule has 0 bridgehead atoms. The maximum atomic E-state index is 7.76. The first-order valence-electron chi connectivity index (χ1n) is 6.83. The fraction of sp³-hybridized carbons (Fsp3) is 0.273. The van der Waals surface area contributed by atoms with Crippen LogP contribution in [0.1, 0.15) is 19.3 Å². The molecule has 0 spiro atoms. The SMILES string of the molecule is [2H]c1cc([2H])c(CC([2H])([2H])N=C(N)N=C(C)N)c([2H])c1. The number of nitrogens with zero attached hydrogens (tertiary/aromatic N) is 2. The van der Waals surface area contributed by atoms with Gasteiger partial charge in [-0.1, -0.05) is 30.3 Å². The quantitative estimate of drug-likeness (QED) is 0.573. The molecule has 1 aromatic carbocycles. The molecule has 0 aliphatic rings. The molecule has 15 heavy (non-hydrogen) atoms. The van der Waals surface area contributed by atoms with Crippen LogP contribution in [-0.2, 0) is 6.42 Å². The van der Waals surface area contributed by atoms with E-state index in [1.54, 1.807) is 0 Å². The number of rotatable bonds is 3. The number of guanidine groups is 1. The van der Waals surface area contributed by atoms with Gasteiger partial charge in [-0.15, -0.1) is 0 Å². The van der Waals surface area contributed by atoms with Gasteiger partial charge in [0.1, 0.15) is 0 Å². The molecule has 4 heteroatoms. The van der Waals surface area contributed by atoms with Crippen LogP contribution in [-0.4, -0.2) is 18.3 Å². The van der Waals surface area contributed by atoms with Crippen molar-refractivity contribution in [2.45, 2.75) is 13.3 Å². The van der Waals surface area contributed by atoms with Crippen molar-refractivity contribution in [3.8, 4) is 0 Å². The fourth-order valence-corrected chi connectivity index (χ4v) is 0.848. The number of hydrogen-bond donors (Lipinski definition) is 2. The molecule has 0 aliphatic carbocycles. The highest BCUT2D eigenvalue weighted by Gasteiger charge is 1.91. The van der Waals surface area contributed by atoms with Gasteiger partial charge in [-0.05, 0) is 18.9 Å². The summed E-state index contributed by atoms with van der Waals surface area (Å²) in [6, 6.07) is 2.39. The van der Waals surface area contributed by atoms with Crippen LogP contribution >= 0.6 is 0 Å². The first kappa shape index (κ1) is 5.90. The number of amidine groups is 1. The molecule has 1 rings (SSSR count). The Hall–Kier alpha value is -1.84. The zero-order chi connectivity index (χ0) is 15.5. The van der Waals surface area contributed by atoms with Gasteiger partial charge in [0, 0.05) is 6.50 Å². The minimum Gasteiger partial charge on any atom is -0.387 e. The molecule has 0 radical (unpaired) electrons. The molecule has 1 aromatic rings. The van der Waals surface area contributed by atoms with Crippen molar-refractivity contribution >= 4 is 11.8 Å². The average molecular weight is 209 g/mol. The highest BCUT2D eigenvalue weighted by atomic mass is 15.1. The lowest BCUT2D eigenvalue weighted by molar-refractivity contribution is 0.962. The van der Waals surface area contributed by atoms with Crippen molar-refractivity contribution in [3.63, 3.8) is 0 Å². The molecule has 0 aliphatic heterocycles. The Kier molecular flexibility index (Phi) is 2.28. The van der Waals surface area contributed by atoms with Gasteiger partial charge < -0.3 is 11.5 Å². The molecule has 0 saturated carbocycles. The van der Waals surface area contributed by atoms with Crippen LogP contribution in [0.25, 0.3) is 0 Å². The van der Waals surface area contributed by atoms with Gasteiger partial charge in [-0.25, -0.2) is 4.99 Å². The molecule has 0 heterocycles. The summed E-state index contributed by atoms with van der Waals surface area (Å²) in [4.78, 5) is 7.22. The van der Waals surface area contributed by atoms with Crippen molar-refractivity contribution in [1.29, 1.82) is 0 Å². The molecule has 0 fully saturated rings. The topological polar surface area (TPSA) is 76.8 Å². The van der Waals surface area contributed by atoms with Crippen LogP contribution in [0.3, 0.4) is 0 Å². The average Bonchev–Trinajstić information content (AvgIpc) is 2.21. The van der Waals surface area contributed by atoms with Crippen LogP contribution < -0.4 is 11.5 Å². The van der Waals surface area contributed by atoms with E-state index in [-0.39, 0.29) is 41.9 Å². The Morgan fingerprint density at radius 3 is 2.73 bits per heavy atom. The zero-order valence-electron chi connectivity index (χ0n) is 13.4. The largest absolute Gasteiger partial charge is 0.387 e. The lowest BCUT2D eigenvalue weighted by Crippen LogP contribution is -2.16. The van der Waals surface area contributed by atoms with Crippen molar-refractivity contribution in [1.82, 2.24) is 0 Å². The summed E-state index contributed by atoms with van der Waals surface area (Å²) < 4.78 is 38.3. The number of nitrogens with two attached hydrogens (primary N) is 2. The van der Waals surface area contributed by atoms with Gasteiger partial charge in [0.05, 0.1) is 12.7 Å². The van der Waals surface area contributed by atoms with Gasteiger partial charge in [-0.3, -0.25) is 4.99 Å². The van der Waals surface area contributed by atoms with Crippen molar-refractivity contribution in [3.05, 3.63) is 35.8 Å². The van der Waals surface area contributed by atoms with E-state index in [1.807, 2.05) is 0 Å². The molecule has 4 N–H and O–H groups in total. The number of hydrogen-bond acceptors (Lipinski definition) is 1. The van der Waals surface area contributed by atoms with E-state index in [9.17, 15) is 0 Å². The summed E-state index contributed by atoms with van der Waals surface area (Å²) in [7, 11) is 0. The maximum Gasteiger partial charge on any atom is 0.216 e. The van der Waals surface area contributed by atoms with E-state index in [2.05, 4.69) is 9.98 Å². The van der Waals surface area contributed by atoms with E-state index in [4.69, 9.17) is 18.3 Å². The molecule has 0 unspecified atom stereocenters. The van der Waals surface area contributed by atoms with E-state index in [1.165, 1.54) is 19.1 Å². The normalized spacial score (nSPS) is 18.6. The summed E-state index contributed by atoms with van der Waals surface area (Å²) in [5.41, 5.74) is 10.9. The summed E-state index contributed by atoms with van der Waals surface area (Å²) in [5, 5.41) is 0. The van der Waals surface area contributed by atoms with Crippen LogP contribution in [0.2, 0.25) is 0 Å². The molecule has 0 aromatic heterocycles. The van der Waals surface area contributed by atoms with E-state index in [0.29, 0.717) is 0 Å². The van der Waals surface area contributed by atoms with Gasteiger partial charge in [0.25, 0.3) is 0 Å². The highest BCUT2D eigenvalue weighted by Crippen LogP contribution is 1.99. The second-order valence-corrected chi connectivity index (χ2v) is 2.78. The minimum absolute atomic E-state index is 0.0377. The Labute approximate surface area is 96.8 Å². The van der Waals surface area contributed by atoms with Crippen LogP contribution in [0.15, 0.2) is 40.2 Å². The van der Waals surface area contributed by atoms with E-state index < -0.39 is 6.50 Å². The molecular formula is C11H16N4. The summed E-state index contributed by atoms with van der Waals surface area (Å²) in [6.45, 7) is -0.618. The summed E-state index contributed by atoms with van der Waals surface area (Å²) in [5.74, 6) is -0.145. The number of aliphatic imine (C=N–C) groups is 2. The second-order valence-electron chi connectivity index (χ2n) is 2.78. The van der Waals surface area contributed by atoms with Crippen molar-refractivity contribution < 1.29 is 6.85 Å². The monoisotopic (exact) mass is 209 g/mol. The predicted molar refractivity (Wildman–Crippen MR) is 63.9 cm³/mol. The maximum absolute atomic E-state index is 7.76. The highest BCUT2D eigenvalue weighted by molar-refractivity contribution is 5.93. The molecule has 4 nitrogen and oxygen atoms in total. The molecule has 0 saturated heterocycles. The van der Waals surface area contributed by atoms with Crippen molar-refractivity contribution in [2.75, 3.05) is 6.50 Å². The fourth-order valence-electron chi connectivity index (χ4n) is 0.848. The molecular weight excluding hydrogens is 188 g/mol. The minimum atomic E-state index is -2.11. The second kappa shape index (κ2) is 5.80. The lowest BCUT2D eigenvalue weighted by atomic mass is 10.2. The molecule has 80 valence electrons. The predicted octanol–water partition coefficient (Wildman–Crippen LogP) is 0.921. The number of benzene rings is 1. The Morgan fingerprint density at radius 1 is 1.47 bits per heavy atom. The third-order valence-corrected chi connectivity index (χ3v) is 1.40. The first-order valence-corrected chi connectivity index (χ1v) is 4.33. The smallest absolute Gasteiger partial charge is 0.216 e. The summed E-state index contributed by atoms with van der Waals surface area (Å²) >= 11 is 0. The van der Waals surface area contributed by atoms with Crippen LogP contribution in [0, 0.1) is 0 Å².